The molecular weight excluding hydrogens is 480 g/mol. The molecule has 0 unspecified atom stereocenters. The molecule has 2 bridgehead atoms. The third-order valence-corrected chi connectivity index (χ3v) is 9.64. The summed E-state index contributed by atoms with van der Waals surface area (Å²) < 4.78 is 2.79. The van der Waals surface area contributed by atoms with Gasteiger partial charge in [-0.05, 0) is 109 Å². The van der Waals surface area contributed by atoms with Crippen LogP contribution in [0, 0.1) is 12.8 Å². The van der Waals surface area contributed by atoms with Crippen molar-refractivity contribution in [3.8, 4) is 5.75 Å². The lowest BCUT2D eigenvalue weighted by molar-refractivity contribution is -0.149. The lowest BCUT2D eigenvalue weighted by atomic mass is 9.52. The van der Waals surface area contributed by atoms with E-state index in [1.54, 1.807) is 0 Å². The van der Waals surface area contributed by atoms with Gasteiger partial charge in [0.05, 0.1) is 22.8 Å². The average molecular weight is 515 g/mol. The van der Waals surface area contributed by atoms with Crippen LogP contribution >= 0.6 is 15.9 Å². The Bertz CT molecular complexity index is 1050. The normalized spacial score (nSPS) is 32.3. The van der Waals surface area contributed by atoms with E-state index in [1.165, 1.54) is 29.5 Å². The first-order valence-electron chi connectivity index (χ1n) is 12.6. The Morgan fingerprint density at radius 1 is 1.12 bits per heavy atom. The summed E-state index contributed by atoms with van der Waals surface area (Å²) in [6.07, 6.45) is 10.2. The molecule has 3 fully saturated rings. The summed E-state index contributed by atoms with van der Waals surface area (Å²) in [5.74, 6) is 1.10. The highest BCUT2D eigenvalue weighted by Gasteiger charge is 2.63. The summed E-state index contributed by atoms with van der Waals surface area (Å²) in [7, 11) is 0. The fourth-order valence-electron chi connectivity index (χ4n) is 7.00. The topological polar surface area (TPSA) is 64.8 Å². The van der Waals surface area contributed by atoms with E-state index in [0.29, 0.717) is 5.75 Å². The molecule has 7 heteroatoms. The van der Waals surface area contributed by atoms with Crippen LogP contribution in [0.2, 0.25) is 0 Å². The second-order valence-corrected chi connectivity index (χ2v) is 11.9. The van der Waals surface area contributed by atoms with Crippen LogP contribution < -0.4 is 0 Å². The Balaban J connectivity index is 1.33. The highest BCUT2D eigenvalue weighted by atomic mass is 79.9. The van der Waals surface area contributed by atoms with Gasteiger partial charge in [-0.15, -0.1) is 0 Å². The molecule has 3 atom stereocenters. The number of halogens is 1. The van der Waals surface area contributed by atoms with Crippen LogP contribution in [0.25, 0.3) is 0 Å². The molecule has 2 aromatic rings. The first-order valence-corrected chi connectivity index (χ1v) is 13.4. The second kappa shape index (κ2) is 8.08. The van der Waals surface area contributed by atoms with Crippen LogP contribution in [0.4, 0.5) is 0 Å². The molecule has 4 aliphatic rings. The first kappa shape index (κ1) is 22.1. The quantitative estimate of drug-likeness (QED) is 0.639. The van der Waals surface area contributed by atoms with Gasteiger partial charge in [0.15, 0.2) is 0 Å². The number of phenolic OH excluding ortho intramolecular Hbond substituents is 1. The average Bonchev–Trinajstić information content (AvgIpc) is 3.53. The van der Waals surface area contributed by atoms with Crippen LogP contribution in [0.1, 0.15) is 48.8 Å². The zero-order chi connectivity index (χ0) is 22.8. The van der Waals surface area contributed by atoms with Gasteiger partial charge in [-0.1, -0.05) is 0 Å². The van der Waals surface area contributed by atoms with E-state index in [4.69, 9.17) is 0 Å². The number of benzene rings is 1. The van der Waals surface area contributed by atoms with Gasteiger partial charge in [0.25, 0.3) is 0 Å². The van der Waals surface area contributed by atoms with E-state index in [9.17, 15) is 10.2 Å². The van der Waals surface area contributed by atoms with Crippen LogP contribution in [0.3, 0.4) is 0 Å². The minimum Gasteiger partial charge on any atom is -0.507 e. The van der Waals surface area contributed by atoms with Gasteiger partial charge < -0.3 is 15.1 Å². The molecule has 2 aliphatic carbocycles. The molecule has 2 saturated heterocycles. The second-order valence-electron chi connectivity index (χ2n) is 11.0. The van der Waals surface area contributed by atoms with Gasteiger partial charge in [-0.25, -0.2) is 0 Å². The number of fused-ring (bicyclic) bond motifs is 1. The monoisotopic (exact) mass is 514 g/mol. The summed E-state index contributed by atoms with van der Waals surface area (Å²) in [5.41, 5.74) is 2.63. The Morgan fingerprint density at radius 2 is 1.91 bits per heavy atom. The van der Waals surface area contributed by atoms with Crippen molar-refractivity contribution in [2.45, 2.75) is 69.1 Å². The van der Waals surface area contributed by atoms with Crippen LogP contribution in [0.5, 0.6) is 5.75 Å². The number of nitrogens with zero attached hydrogens (tertiary/aromatic N) is 4. The molecule has 1 saturated carbocycles. The third-order valence-electron chi connectivity index (χ3n) is 9.01. The number of hydrogen-bond donors (Lipinski definition) is 2. The number of rotatable bonds is 5. The van der Waals surface area contributed by atoms with E-state index in [-0.39, 0.29) is 11.5 Å². The maximum atomic E-state index is 12.6. The zero-order valence-electron chi connectivity index (χ0n) is 19.5. The van der Waals surface area contributed by atoms with Gasteiger partial charge in [-0.3, -0.25) is 9.58 Å². The Morgan fingerprint density at radius 3 is 2.67 bits per heavy atom. The van der Waals surface area contributed by atoms with Gasteiger partial charge >= 0.3 is 0 Å². The molecule has 6 nitrogen and oxygen atoms in total. The number of likely N-dealkylation sites (tertiary alicyclic amines) is 2. The lowest BCUT2D eigenvalue weighted by Gasteiger charge is -2.61. The number of hydrogen-bond acceptors (Lipinski definition) is 5. The highest BCUT2D eigenvalue weighted by Crippen LogP contribution is 2.57. The molecule has 6 rings (SSSR count). The van der Waals surface area contributed by atoms with Crippen LogP contribution in [0.15, 0.2) is 29.0 Å². The Labute approximate surface area is 204 Å². The maximum Gasteiger partial charge on any atom is 0.130 e. The zero-order valence-corrected chi connectivity index (χ0v) is 21.1. The minimum atomic E-state index is -0.759. The lowest BCUT2D eigenvalue weighted by Crippen LogP contribution is -2.71. The number of aromatic hydroxyl groups is 1. The summed E-state index contributed by atoms with van der Waals surface area (Å²) in [6.45, 7) is 7.95. The van der Waals surface area contributed by atoms with E-state index in [1.807, 2.05) is 16.9 Å². The molecule has 3 heterocycles. The predicted molar refractivity (Wildman–Crippen MR) is 131 cm³/mol. The van der Waals surface area contributed by atoms with Crippen molar-refractivity contribution >= 4 is 15.9 Å². The van der Waals surface area contributed by atoms with Crippen LogP contribution in [-0.2, 0) is 18.4 Å². The number of aromatic nitrogens is 2. The summed E-state index contributed by atoms with van der Waals surface area (Å²) in [5, 5.41) is 27.6. The fraction of sp³-hybridized carbons (Fsp3) is 0.654. The van der Waals surface area contributed by atoms with Crippen molar-refractivity contribution in [2.24, 2.45) is 5.92 Å². The minimum absolute atomic E-state index is 0.157. The first-order chi connectivity index (χ1) is 15.9. The molecular formula is C26H35BrN4O2. The van der Waals surface area contributed by atoms with Crippen molar-refractivity contribution in [1.82, 2.24) is 19.6 Å². The van der Waals surface area contributed by atoms with Crippen molar-refractivity contribution in [3.63, 3.8) is 0 Å². The summed E-state index contributed by atoms with van der Waals surface area (Å²) in [4.78, 5) is 5.13. The molecule has 0 radical (unpaired) electrons. The van der Waals surface area contributed by atoms with Gasteiger partial charge in [0, 0.05) is 37.3 Å². The van der Waals surface area contributed by atoms with Crippen molar-refractivity contribution in [1.29, 1.82) is 0 Å². The Kier molecular flexibility index (Phi) is 5.40. The van der Waals surface area contributed by atoms with E-state index in [2.05, 4.69) is 50.0 Å². The molecule has 0 spiro atoms. The highest BCUT2D eigenvalue weighted by molar-refractivity contribution is 9.10. The predicted octanol–water partition coefficient (Wildman–Crippen LogP) is 3.46. The molecule has 33 heavy (non-hydrogen) atoms. The smallest absolute Gasteiger partial charge is 0.130 e. The maximum absolute atomic E-state index is 12.6. The van der Waals surface area contributed by atoms with E-state index in [0.717, 1.165) is 75.3 Å². The summed E-state index contributed by atoms with van der Waals surface area (Å²) >= 11 is 3.55. The van der Waals surface area contributed by atoms with E-state index < -0.39 is 5.60 Å². The number of piperidine rings is 1. The van der Waals surface area contributed by atoms with Crippen LogP contribution in [-0.4, -0.2) is 74.2 Å². The van der Waals surface area contributed by atoms with Gasteiger partial charge in [-0.2, -0.15) is 5.10 Å². The molecule has 2 aliphatic heterocycles. The van der Waals surface area contributed by atoms with Gasteiger partial charge in [0.2, 0.25) is 0 Å². The molecule has 1 aromatic heterocycles. The standard InChI is InChI=1S/C26H35BrN4O2/c1-18-15-28-31(16-18)11-10-29-7-4-25-5-9-30(17-19-2-3-19)24(26(25,33)6-8-29)13-20-12-22(27)23(32)14-21(20)25/h12,14-16,19,24,32-33H,2-11,13,17H2,1H3/t24-,25+,26-/m1/s1. The van der Waals surface area contributed by atoms with E-state index >= 15 is 0 Å². The SMILES string of the molecule is Cc1cnn(CCN2CC[C@]34CCN(CC5CC5)[C@H](Cc5cc(Br)c(O)cc53)[C@]4(O)CC2)c1. The molecule has 178 valence electrons. The van der Waals surface area contributed by atoms with Crippen molar-refractivity contribution < 1.29 is 10.2 Å². The van der Waals surface area contributed by atoms with Gasteiger partial charge in [0.1, 0.15) is 5.75 Å². The Hall–Kier alpha value is -1.41. The summed E-state index contributed by atoms with van der Waals surface area (Å²) in [6, 6.07) is 4.23. The number of phenols is 1. The van der Waals surface area contributed by atoms with Crippen molar-refractivity contribution in [3.05, 3.63) is 45.7 Å². The fourth-order valence-corrected chi connectivity index (χ4v) is 7.39. The number of aliphatic hydroxyl groups is 1. The molecule has 2 N–H and O–H groups in total. The molecule has 1 aromatic carbocycles. The third kappa shape index (κ3) is 3.67. The largest absolute Gasteiger partial charge is 0.507 e. The number of aryl methyl sites for hydroxylation is 1. The molecule has 0 amide bonds. The van der Waals surface area contributed by atoms with Crippen molar-refractivity contribution in [2.75, 3.05) is 32.7 Å².